The average Bonchev–Trinajstić information content (AvgIpc) is 2.63. The normalized spacial score (nSPS) is 15.7. The lowest BCUT2D eigenvalue weighted by Gasteiger charge is -2.32. The lowest BCUT2D eigenvalue weighted by Crippen LogP contribution is -2.41. The number of carbonyl (C=O) groups is 1. The molecule has 0 radical (unpaired) electrons. The molecule has 1 saturated heterocycles. The third kappa shape index (κ3) is 4.87. The molecule has 0 saturated carbocycles. The Labute approximate surface area is 157 Å². The van der Waals surface area contributed by atoms with Gasteiger partial charge in [0.15, 0.2) is 0 Å². The van der Waals surface area contributed by atoms with Crippen molar-refractivity contribution in [2.45, 2.75) is 45.4 Å². The standard InChI is InChI=1S/C23H30N2O/c1-23(2,3)20-11-9-18(10-12-20)17-19-13-15-25(16-14-19)22(26)24-21-7-5-4-6-8-21/h4-12,19H,13-17H2,1-3H3,(H,24,26). The van der Waals surface area contributed by atoms with Crippen molar-refractivity contribution in [3.05, 3.63) is 65.7 Å². The summed E-state index contributed by atoms with van der Waals surface area (Å²) in [6, 6.07) is 18.8. The van der Waals surface area contributed by atoms with E-state index in [0.717, 1.165) is 38.0 Å². The molecule has 2 aromatic rings. The van der Waals surface area contributed by atoms with Gasteiger partial charge in [0.25, 0.3) is 0 Å². The molecule has 0 spiro atoms. The molecule has 0 aromatic heterocycles. The van der Waals surface area contributed by atoms with E-state index >= 15 is 0 Å². The van der Waals surface area contributed by atoms with Gasteiger partial charge in [-0.1, -0.05) is 63.2 Å². The zero-order chi connectivity index (χ0) is 18.6. The van der Waals surface area contributed by atoms with E-state index in [9.17, 15) is 4.79 Å². The molecular formula is C23H30N2O. The van der Waals surface area contributed by atoms with Crippen LogP contribution in [0.1, 0.15) is 44.7 Å². The number of nitrogens with one attached hydrogen (secondary N) is 1. The maximum Gasteiger partial charge on any atom is 0.321 e. The van der Waals surface area contributed by atoms with E-state index in [0.29, 0.717) is 5.92 Å². The van der Waals surface area contributed by atoms with Crippen LogP contribution in [0.15, 0.2) is 54.6 Å². The molecule has 26 heavy (non-hydrogen) atoms. The van der Waals surface area contributed by atoms with E-state index in [4.69, 9.17) is 0 Å². The van der Waals surface area contributed by atoms with Crippen molar-refractivity contribution in [2.24, 2.45) is 5.92 Å². The van der Waals surface area contributed by atoms with Gasteiger partial charge in [0.2, 0.25) is 0 Å². The second-order valence-electron chi connectivity index (χ2n) is 8.38. The van der Waals surface area contributed by atoms with Gasteiger partial charge >= 0.3 is 6.03 Å². The number of urea groups is 1. The van der Waals surface area contributed by atoms with Gasteiger partial charge in [-0.3, -0.25) is 0 Å². The van der Waals surface area contributed by atoms with Crippen molar-refractivity contribution in [1.29, 1.82) is 0 Å². The summed E-state index contributed by atoms with van der Waals surface area (Å²) in [4.78, 5) is 14.3. The number of hydrogen-bond donors (Lipinski definition) is 1. The molecule has 0 atom stereocenters. The topological polar surface area (TPSA) is 32.3 Å². The van der Waals surface area contributed by atoms with Crippen LogP contribution in [-0.4, -0.2) is 24.0 Å². The minimum atomic E-state index is 0.0178. The molecule has 0 bridgehead atoms. The van der Waals surface area contributed by atoms with Crippen molar-refractivity contribution < 1.29 is 4.79 Å². The number of rotatable bonds is 3. The SMILES string of the molecule is CC(C)(C)c1ccc(CC2CCN(C(=O)Nc3ccccc3)CC2)cc1. The largest absolute Gasteiger partial charge is 0.325 e. The quantitative estimate of drug-likeness (QED) is 0.782. The van der Waals surface area contributed by atoms with Crippen LogP contribution in [0.5, 0.6) is 0 Å². The first-order chi connectivity index (χ1) is 12.4. The van der Waals surface area contributed by atoms with Crippen molar-refractivity contribution in [1.82, 2.24) is 4.90 Å². The van der Waals surface area contributed by atoms with E-state index in [1.807, 2.05) is 35.2 Å². The van der Waals surface area contributed by atoms with Gasteiger partial charge in [0, 0.05) is 18.8 Å². The van der Waals surface area contributed by atoms with Crippen LogP contribution in [0, 0.1) is 5.92 Å². The summed E-state index contributed by atoms with van der Waals surface area (Å²) in [7, 11) is 0. The van der Waals surface area contributed by atoms with E-state index < -0.39 is 0 Å². The van der Waals surface area contributed by atoms with Crippen molar-refractivity contribution in [3.63, 3.8) is 0 Å². The monoisotopic (exact) mass is 350 g/mol. The van der Waals surface area contributed by atoms with Crippen LogP contribution < -0.4 is 5.32 Å². The predicted octanol–water partition coefficient (Wildman–Crippen LogP) is 5.47. The fourth-order valence-electron chi connectivity index (χ4n) is 3.54. The highest BCUT2D eigenvalue weighted by molar-refractivity contribution is 5.89. The Bertz CT molecular complexity index is 708. The Hall–Kier alpha value is -2.29. The van der Waals surface area contributed by atoms with Crippen LogP contribution in [0.4, 0.5) is 10.5 Å². The number of piperidine rings is 1. The lowest BCUT2D eigenvalue weighted by atomic mass is 9.85. The van der Waals surface area contributed by atoms with E-state index in [1.165, 1.54) is 11.1 Å². The first-order valence-corrected chi connectivity index (χ1v) is 9.62. The van der Waals surface area contributed by atoms with Gasteiger partial charge in [0.1, 0.15) is 0 Å². The average molecular weight is 351 g/mol. The minimum absolute atomic E-state index is 0.0178. The number of benzene rings is 2. The summed E-state index contributed by atoms with van der Waals surface area (Å²) in [5, 5.41) is 2.98. The maximum absolute atomic E-state index is 12.4. The zero-order valence-corrected chi connectivity index (χ0v) is 16.2. The van der Waals surface area contributed by atoms with Crippen LogP contribution in [0.25, 0.3) is 0 Å². The molecular weight excluding hydrogens is 320 g/mol. The number of hydrogen-bond acceptors (Lipinski definition) is 1. The molecule has 138 valence electrons. The van der Waals surface area contributed by atoms with E-state index in [1.54, 1.807) is 0 Å². The Balaban J connectivity index is 1.48. The summed E-state index contributed by atoms with van der Waals surface area (Å²) in [5.41, 5.74) is 3.85. The van der Waals surface area contributed by atoms with Crippen LogP contribution in [0.3, 0.4) is 0 Å². The molecule has 1 N–H and O–H groups in total. The van der Waals surface area contributed by atoms with Crippen molar-refractivity contribution in [3.8, 4) is 0 Å². The highest BCUT2D eigenvalue weighted by Crippen LogP contribution is 2.25. The molecule has 0 aliphatic carbocycles. The molecule has 0 unspecified atom stereocenters. The molecule has 3 rings (SSSR count). The Morgan fingerprint density at radius 3 is 2.19 bits per heavy atom. The number of nitrogens with zero attached hydrogens (tertiary/aromatic N) is 1. The third-order valence-corrected chi connectivity index (χ3v) is 5.27. The van der Waals surface area contributed by atoms with Gasteiger partial charge in [-0.2, -0.15) is 0 Å². The molecule has 1 aliphatic rings. The Morgan fingerprint density at radius 2 is 1.62 bits per heavy atom. The molecule has 3 nitrogen and oxygen atoms in total. The lowest BCUT2D eigenvalue weighted by molar-refractivity contribution is 0.182. The fourth-order valence-corrected chi connectivity index (χ4v) is 3.54. The maximum atomic E-state index is 12.4. The molecule has 1 heterocycles. The van der Waals surface area contributed by atoms with Crippen LogP contribution in [0.2, 0.25) is 0 Å². The van der Waals surface area contributed by atoms with Gasteiger partial charge in [-0.05, 0) is 53.9 Å². The van der Waals surface area contributed by atoms with Crippen LogP contribution in [-0.2, 0) is 11.8 Å². The molecule has 1 aliphatic heterocycles. The fraction of sp³-hybridized carbons (Fsp3) is 0.435. The second-order valence-corrected chi connectivity index (χ2v) is 8.38. The smallest absolute Gasteiger partial charge is 0.321 e. The highest BCUT2D eigenvalue weighted by Gasteiger charge is 2.23. The number of likely N-dealkylation sites (tertiary alicyclic amines) is 1. The first-order valence-electron chi connectivity index (χ1n) is 9.62. The Kier molecular flexibility index (Phi) is 5.65. The summed E-state index contributed by atoms with van der Waals surface area (Å²) >= 11 is 0. The summed E-state index contributed by atoms with van der Waals surface area (Å²) in [6.45, 7) is 8.42. The third-order valence-electron chi connectivity index (χ3n) is 5.27. The van der Waals surface area contributed by atoms with Gasteiger partial charge < -0.3 is 10.2 Å². The second kappa shape index (κ2) is 7.94. The van der Waals surface area contributed by atoms with Crippen LogP contribution >= 0.6 is 0 Å². The molecule has 2 aromatic carbocycles. The van der Waals surface area contributed by atoms with Crippen molar-refractivity contribution >= 4 is 11.7 Å². The highest BCUT2D eigenvalue weighted by atomic mass is 16.2. The van der Waals surface area contributed by atoms with E-state index in [2.05, 4.69) is 50.4 Å². The first kappa shape index (κ1) is 18.5. The zero-order valence-electron chi connectivity index (χ0n) is 16.2. The number of amides is 2. The number of carbonyl (C=O) groups excluding carboxylic acids is 1. The summed E-state index contributed by atoms with van der Waals surface area (Å²) in [6.07, 6.45) is 3.25. The van der Waals surface area contributed by atoms with Crippen molar-refractivity contribution in [2.75, 3.05) is 18.4 Å². The summed E-state index contributed by atoms with van der Waals surface area (Å²) in [5.74, 6) is 0.663. The van der Waals surface area contributed by atoms with Gasteiger partial charge in [0.05, 0.1) is 0 Å². The van der Waals surface area contributed by atoms with Gasteiger partial charge in [-0.15, -0.1) is 0 Å². The Morgan fingerprint density at radius 1 is 1.00 bits per heavy atom. The molecule has 1 fully saturated rings. The molecule has 2 amide bonds. The number of anilines is 1. The number of para-hydroxylation sites is 1. The predicted molar refractivity (Wildman–Crippen MR) is 109 cm³/mol. The molecule has 3 heteroatoms. The minimum Gasteiger partial charge on any atom is -0.325 e. The van der Waals surface area contributed by atoms with E-state index in [-0.39, 0.29) is 11.4 Å². The summed E-state index contributed by atoms with van der Waals surface area (Å²) < 4.78 is 0. The van der Waals surface area contributed by atoms with Gasteiger partial charge in [-0.25, -0.2) is 4.79 Å².